The monoisotopic (exact) mass is 233 g/mol. The maximum Gasteiger partial charge on any atom is 0.212 e. The fraction of sp³-hybridized carbons (Fsp3) is 1.00. The van der Waals surface area contributed by atoms with Gasteiger partial charge < -0.3 is 10.6 Å². The normalized spacial score (nSPS) is 28.7. The van der Waals surface area contributed by atoms with Crippen molar-refractivity contribution >= 4 is 10.0 Å². The minimum Gasteiger partial charge on any atom is -0.316 e. The molecule has 6 heteroatoms. The molecule has 3 N–H and O–H groups in total. The van der Waals surface area contributed by atoms with Crippen LogP contribution in [0, 0.1) is 5.92 Å². The first-order valence-corrected chi connectivity index (χ1v) is 7.22. The first-order chi connectivity index (χ1) is 7.16. The van der Waals surface area contributed by atoms with Crippen LogP contribution in [0.15, 0.2) is 0 Å². The van der Waals surface area contributed by atoms with Crippen LogP contribution in [-0.2, 0) is 10.0 Å². The minimum atomic E-state index is -3.07. The summed E-state index contributed by atoms with van der Waals surface area (Å²) in [7, 11) is -3.07. The van der Waals surface area contributed by atoms with Crippen molar-refractivity contribution in [3.05, 3.63) is 0 Å². The standard InChI is InChI=1S/C9H19N3O2S/c13-15(14,7-8-4-11-5-8)12-9-2-1-3-10-6-9/h8-12H,1-7H2. The van der Waals surface area contributed by atoms with Gasteiger partial charge in [-0.3, -0.25) is 0 Å². The van der Waals surface area contributed by atoms with Gasteiger partial charge in [0.25, 0.3) is 0 Å². The molecule has 2 fully saturated rings. The van der Waals surface area contributed by atoms with Crippen molar-refractivity contribution in [1.29, 1.82) is 0 Å². The summed E-state index contributed by atoms with van der Waals surface area (Å²) in [6.45, 7) is 3.45. The molecule has 1 unspecified atom stereocenters. The van der Waals surface area contributed by atoms with Crippen LogP contribution in [0.1, 0.15) is 12.8 Å². The van der Waals surface area contributed by atoms with Crippen molar-refractivity contribution < 1.29 is 8.42 Å². The zero-order chi connectivity index (χ0) is 10.7. The molecular formula is C9H19N3O2S. The number of hydrogen-bond acceptors (Lipinski definition) is 4. The van der Waals surface area contributed by atoms with Gasteiger partial charge in [-0.25, -0.2) is 13.1 Å². The van der Waals surface area contributed by atoms with Gasteiger partial charge in [-0.1, -0.05) is 0 Å². The van der Waals surface area contributed by atoms with Gasteiger partial charge in [0.2, 0.25) is 10.0 Å². The zero-order valence-corrected chi connectivity index (χ0v) is 9.65. The van der Waals surface area contributed by atoms with Gasteiger partial charge >= 0.3 is 0 Å². The van der Waals surface area contributed by atoms with Crippen LogP contribution in [-0.4, -0.2) is 46.4 Å². The van der Waals surface area contributed by atoms with Gasteiger partial charge in [0, 0.05) is 25.7 Å². The smallest absolute Gasteiger partial charge is 0.212 e. The number of rotatable bonds is 4. The van der Waals surface area contributed by atoms with Crippen LogP contribution in [0.4, 0.5) is 0 Å². The Morgan fingerprint density at radius 3 is 2.53 bits per heavy atom. The molecule has 2 aliphatic heterocycles. The van der Waals surface area contributed by atoms with E-state index in [1.165, 1.54) is 0 Å². The second kappa shape index (κ2) is 4.78. The maximum atomic E-state index is 11.7. The van der Waals surface area contributed by atoms with Crippen molar-refractivity contribution in [3.63, 3.8) is 0 Å². The van der Waals surface area contributed by atoms with E-state index in [2.05, 4.69) is 15.4 Å². The fourth-order valence-electron chi connectivity index (χ4n) is 2.03. The van der Waals surface area contributed by atoms with E-state index in [4.69, 9.17) is 0 Å². The van der Waals surface area contributed by atoms with Crippen LogP contribution in [0.3, 0.4) is 0 Å². The molecule has 0 aromatic carbocycles. The molecule has 0 aromatic rings. The largest absolute Gasteiger partial charge is 0.316 e. The topological polar surface area (TPSA) is 70.2 Å². The lowest BCUT2D eigenvalue weighted by atomic mass is 10.1. The van der Waals surface area contributed by atoms with E-state index in [1.807, 2.05) is 0 Å². The molecule has 0 saturated carbocycles. The second-order valence-electron chi connectivity index (χ2n) is 4.47. The first kappa shape index (κ1) is 11.3. The average Bonchev–Trinajstić information content (AvgIpc) is 2.13. The fourth-order valence-corrected chi connectivity index (χ4v) is 3.69. The van der Waals surface area contributed by atoms with E-state index in [9.17, 15) is 8.42 Å². The average molecular weight is 233 g/mol. The van der Waals surface area contributed by atoms with E-state index in [-0.39, 0.29) is 11.8 Å². The van der Waals surface area contributed by atoms with E-state index in [0.717, 1.165) is 39.0 Å². The Hall–Kier alpha value is -0.170. The molecule has 0 spiro atoms. The lowest BCUT2D eigenvalue weighted by molar-refractivity contribution is 0.373. The minimum absolute atomic E-state index is 0.0942. The van der Waals surface area contributed by atoms with E-state index in [0.29, 0.717) is 5.92 Å². The first-order valence-electron chi connectivity index (χ1n) is 5.57. The summed E-state index contributed by atoms with van der Waals surface area (Å²) >= 11 is 0. The molecular weight excluding hydrogens is 214 g/mol. The Kier molecular flexibility index (Phi) is 3.60. The number of hydrogen-bond donors (Lipinski definition) is 3. The van der Waals surface area contributed by atoms with Gasteiger partial charge in [0.05, 0.1) is 5.75 Å². The highest BCUT2D eigenvalue weighted by molar-refractivity contribution is 7.89. The summed E-state index contributed by atoms with van der Waals surface area (Å²) in [6, 6.07) is 0.0942. The van der Waals surface area contributed by atoms with Crippen molar-refractivity contribution in [1.82, 2.24) is 15.4 Å². The number of nitrogens with one attached hydrogen (secondary N) is 3. The quantitative estimate of drug-likeness (QED) is 0.575. The summed E-state index contributed by atoms with van der Waals surface area (Å²) in [6.07, 6.45) is 2.01. The van der Waals surface area contributed by atoms with Crippen molar-refractivity contribution in [2.45, 2.75) is 18.9 Å². The van der Waals surface area contributed by atoms with Crippen LogP contribution in [0.2, 0.25) is 0 Å². The van der Waals surface area contributed by atoms with Crippen molar-refractivity contribution in [2.24, 2.45) is 5.92 Å². The molecule has 0 aliphatic carbocycles. The second-order valence-corrected chi connectivity index (χ2v) is 6.27. The molecule has 0 aromatic heterocycles. The number of piperidine rings is 1. The lowest BCUT2D eigenvalue weighted by Crippen LogP contribution is -2.51. The zero-order valence-electron chi connectivity index (χ0n) is 8.83. The summed E-state index contributed by atoms with van der Waals surface area (Å²) in [5.41, 5.74) is 0. The summed E-state index contributed by atoms with van der Waals surface area (Å²) in [5, 5.41) is 6.28. The number of sulfonamides is 1. The van der Waals surface area contributed by atoms with Gasteiger partial charge in [-0.2, -0.15) is 0 Å². The Labute approximate surface area is 91.1 Å². The van der Waals surface area contributed by atoms with Crippen LogP contribution in [0.5, 0.6) is 0 Å². The Balaban J connectivity index is 1.80. The molecule has 2 heterocycles. The van der Waals surface area contributed by atoms with Crippen LogP contribution < -0.4 is 15.4 Å². The summed E-state index contributed by atoms with van der Waals surface area (Å²) in [5.74, 6) is 0.579. The van der Waals surface area contributed by atoms with Crippen molar-refractivity contribution in [3.8, 4) is 0 Å². The summed E-state index contributed by atoms with van der Waals surface area (Å²) < 4.78 is 26.2. The molecule has 1 atom stereocenters. The maximum absolute atomic E-state index is 11.7. The highest BCUT2D eigenvalue weighted by atomic mass is 32.2. The summed E-state index contributed by atoms with van der Waals surface area (Å²) in [4.78, 5) is 0. The van der Waals surface area contributed by atoms with E-state index in [1.54, 1.807) is 0 Å². The third-order valence-corrected chi connectivity index (χ3v) is 4.57. The van der Waals surface area contributed by atoms with Crippen molar-refractivity contribution in [2.75, 3.05) is 31.9 Å². The van der Waals surface area contributed by atoms with Crippen LogP contribution >= 0.6 is 0 Å². The van der Waals surface area contributed by atoms with Crippen LogP contribution in [0.25, 0.3) is 0 Å². The molecule has 5 nitrogen and oxygen atoms in total. The molecule has 0 radical (unpaired) electrons. The SMILES string of the molecule is O=S(=O)(CC1CNC1)NC1CCCNC1. The molecule has 2 saturated heterocycles. The molecule has 0 amide bonds. The van der Waals surface area contributed by atoms with E-state index >= 15 is 0 Å². The highest BCUT2D eigenvalue weighted by Crippen LogP contribution is 2.08. The molecule has 2 rings (SSSR count). The third-order valence-electron chi connectivity index (χ3n) is 2.96. The lowest BCUT2D eigenvalue weighted by Gasteiger charge is -2.29. The van der Waals surface area contributed by atoms with Gasteiger partial charge in [-0.15, -0.1) is 0 Å². The third kappa shape index (κ3) is 3.41. The Morgan fingerprint density at radius 2 is 2.00 bits per heavy atom. The highest BCUT2D eigenvalue weighted by Gasteiger charge is 2.26. The van der Waals surface area contributed by atoms with E-state index < -0.39 is 10.0 Å². The predicted molar refractivity (Wildman–Crippen MR) is 59.2 cm³/mol. The van der Waals surface area contributed by atoms with Gasteiger partial charge in [-0.05, 0) is 25.3 Å². The van der Waals surface area contributed by atoms with Gasteiger partial charge in [0.1, 0.15) is 0 Å². The molecule has 0 bridgehead atoms. The molecule has 2 aliphatic rings. The predicted octanol–water partition coefficient (Wildman–Crippen LogP) is -1.12. The van der Waals surface area contributed by atoms with Gasteiger partial charge in [0.15, 0.2) is 0 Å². The molecule has 15 heavy (non-hydrogen) atoms. The Bertz CT molecular complexity index is 294. The molecule has 88 valence electrons. The Morgan fingerprint density at radius 1 is 1.20 bits per heavy atom.